The molecule has 0 heterocycles. The third-order valence-corrected chi connectivity index (χ3v) is 3.22. The summed E-state index contributed by atoms with van der Waals surface area (Å²) in [5.74, 6) is 0.318. The maximum absolute atomic E-state index is 8.85. The Labute approximate surface area is 85.4 Å². The third-order valence-electron chi connectivity index (χ3n) is 2.48. The molecule has 0 aliphatic heterocycles. The van der Waals surface area contributed by atoms with Crippen molar-refractivity contribution in [2.24, 2.45) is 11.1 Å². The van der Waals surface area contributed by atoms with Gasteiger partial charge in [0, 0.05) is 16.0 Å². The maximum atomic E-state index is 8.85. The maximum Gasteiger partial charge on any atom is 0.0902 e. The van der Waals surface area contributed by atoms with Crippen molar-refractivity contribution in [2.45, 2.75) is 13.3 Å². The molecule has 0 aromatic heterocycles. The van der Waals surface area contributed by atoms with Crippen LogP contribution in [0.4, 0.5) is 0 Å². The first kappa shape index (κ1) is 8.75. The molecular weight excluding hydrogens is 230 g/mol. The molecule has 2 nitrogen and oxygen atoms in total. The molecule has 1 unspecified atom stereocenters. The van der Waals surface area contributed by atoms with Crippen LogP contribution in [0.3, 0.4) is 0 Å². The summed E-state index contributed by atoms with van der Waals surface area (Å²) in [4.78, 5) is 0. The summed E-state index contributed by atoms with van der Waals surface area (Å²) in [6.07, 6.45) is 0.955. The van der Waals surface area contributed by atoms with Crippen molar-refractivity contribution in [1.82, 2.24) is 0 Å². The van der Waals surface area contributed by atoms with Crippen LogP contribution in [0.25, 0.3) is 0 Å². The van der Waals surface area contributed by atoms with Gasteiger partial charge in [0.1, 0.15) is 0 Å². The van der Waals surface area contributed by atoms with Crippen molar-refractivity contribution >= 4 is 21.6 Å². The van der Waals surface area contributed by atoms with Crippen LogP contribution < -0.4 is 0 Å². The van der Waals surface area contributed by atoms with E-state index in [0.717, 1.165) is 22.2 Å². The van der Waals surface area contributed by atoms with E-state index in [1.807, 2.05) is 18.2 Å². The lowest BCUT2D eigenvalue weighted by Crippen LogP contribution is -2.05. The summed E-state index contributed by atoms with van der Waals surface area (Å²) in [7, 11) is 0. The van der Waals surface area contributed by atoms with Crippen molar-refractivity contribution in [3.8, 4) is 0 Å². The second-order valence-corrected chi connectivity index (χ2v) is 4.21. The zero-order chi connectivity index (χ0) is 9.42. The largest absolute Gasteiger partial charge is 0.411 e. The van der Waals surface area contributed by atoms with Gasteiger partial charge in [0.25, 0.3) is 0 Å². The summed E-state index contributed by atoms with van der Waals surface area (Å²) >= 11 is 3.49. The Morgan fingerprint density at radius 3 is 3.00 bits per heavy atom. The molecule has 13 heavy (non-hydrogen) atoms. The van der Waals surface area contributed by atoms with Gasteiger partial charge in [-0.1, -0.05) is 40.1 Å². The number of nitrogens with zero attached hydrogens (tertiary/aromatic N) is 1. The average Bonchev–Trinajstić information content (AvgIpc) is 2.43. The van der Waals surface area contributed by atoms with Gasteiger partial charge >= 0.3 is 0 Å². The van der Waals surface area contributed by atoms with Gasteiger partial charge in [-0.15, -0.1) is 0 Å². The lowest BCUT2D eigenvalue weighted by molar-refractivity contribution is 0.316. The Hall–Kier alpha value is -0.830. The second-order valence-electron chi connectivity index (χ2n) is 3.36. The first-order valence-electron chi connectivity index (χ1n) is 4.23. The van der Waals surface area contributed by atoms with E-state index in [1.54, 1.807) is 0 Å². The molecular formula is C10H10BrNO. The summed E-state index contributed by atoms with van der Waals surface area (Å²) < 4.78 is 1.11. The fourth-order valence-corrected chi connectivity index (χ4v) is 2.35. The van der Waals surface area contributed by atoms with Crippen molar-refractivity contribution in [3.05, 3.63) is 33.8 Å². The van der Waals surface area contributed by atoms with E-state index in [4.69, 9.17) is 5.21 Å². The highest BCUT2D eigenvalue weighted by Crippen LogP contribution is 2.32. The van der Waals surface area contributed by atoms with Gasteiger partial charge in [-0.2, -0.15) is 0 Å². The fourth-order valence-electron chi connectivity index (χ4n) is 1.83. The molecule has 1 N–H and O–H groups in total. The monoisotopic (exact) mass is 239 g/mol. The highest BCUT2D eigenvalue weighted by molar-refractivity contribution is 9.10. The predicted octanol–water partition coefficient (Wildman–Crippen LogP) is 2.82. The molecule has 1 aromatic rings. The minimum atomic E-state index is 0.318. The molecule has 1 atom stereocenters. The van der Waals surface area contributed by atoms with Crippen LogP contribution in [-0.4, -0.2) is 10.9 Å². The summed E-state index contributed by atoms with van der Waals surface area (Å²) in [5.41, 5.74) is 3.13. The van der Waals surface area contributed by atoms with Crippen LogP contribution in [-0.2, 0) is 6.42 Å². The molecule has 0 spiro atoms. The van der Waals surface area contributed by atoms with Crippen molar-refractivity contribution in [3.63, 3.8) is 0 Å². The highest BCUT2D eigenvalue weighted by atomic mass is 79.9. The number of halogens is 1. The topological polar surface area (TPSA) is 32.6 Å². The Morgan fingerprint density at radius 1 is 1.54 bits per heavy atom. The number of rotatable bonds is 0. The van der Waals surface area contributed by atoms with Gasteiger partial charge in [-0.3, -0.25) is 0 Å². The fraction of sp³-hybridized carbons (Fsp3) is 0.300. The smallest absolute Gasteiger partial charge is 0.0902 e. The first-order chi connectivity index (χ1) is 6.24. The quantitative estimate of drug-likeness (QED) is 0.548. The standard InChI is InChI=1S/C10H10BrNO/c1-6-5-8-7(10(6)12-13)3-2-4-9(8)11/h2-4,6,13H,5H2,1H3/b12-10-. The Kier molecular flexibility index (Phi) is 2.12. The van der Waals surface area contributed by atoms with E-state index >= 15 is 0 Å². The molecule has 1 aliphatic carbocycles. The van der Waals surface area contributed by atoms with Gasteiger partial charge in [-0.25, -0.2) is 0 Å². The molecule has 68 valence electrons. The second kappa shape index (κ2) is 3.14. The number of benzene rings is 1. The molecule has 0 fully saturated rings. The van der Waals surface area contributed by atoms with E-state index in [2.05, 4.69) is 28.0 Å². The summed E-state index contributed by atoms with van der Waals surface area (Å²) in [5, 5.41) is 12.2. The van der Waals surface area contributed by atoms with Gasteiger partial charge in [0.15, 0.2) is 0 Å². The Morgan fingerprint density at radius 2 is 2.31 bits per heavy atom. The summed E-state index contributed by atoms with van der Waals surface area (Å²) in [6.45, 7) is 2.07. The number of hydrogen-bond acceptors (Lipinski definition) is 2. The minimum absolute atomic E-state index is 0.318. The molecule has 2 rings (SSSR count). The van der Waals surface area contributed by atoms with E-state index in [-0.39, 0.29) is 0 Å². The van der Waals surface area contributed by atoms with Crippen LogP contribution in [0, 0.1) is 5.92 Å². The lowest BCUT2D eigenvalue weighted by atomic mass is 10.1. The lowest BCUT2D eigenvalue weighted by Gasteiger charge is -2.00. The van der Waals surface area contributed by atoms with Crippen LogP contribution in [0.2, 0.25) is 0 Å². The molecule has 3 heteroatoms. The molecule has 0 bridgehead atoms. The van der Waals surface area contributed by atoms with Crippen LogP contribution in [0.1, 0.15) is 18.1 Å². The number of hydrogen-bond donors (Lipinski definition) is 1. The first-order valence-corrected chi connectivity index (χ1v) is 5.03. The Balaban J connectivity index is 2.61. The van der Waals surface area contributed by atoms with Crippen molar-refractivity contribution in [2.75, 3.05) is 0 Å². The van der Waals surface area contributed by atoms with E-state index in [1.165, 1.54) is 5.56 Å². The summed E-state index contributed by atoms with van der Waals surface area (Å²) in [6, 6.07) is 5.98. The molecule has 0 saturated carbocycles. The highest BCUT2D eigenvalue weighted by Gasteiger charge is 2.26. The number of fused-ring (bicyclic) bond motifs is 1. The Bertz CT molecular complexity index is 373. The molecule has 1 aromatic carbocycles. The van der Waals surface area contributed by atoms with Crippen molar-refractivity contribution in [1.29, 1.82) is 0 Å². The normalized spacial score (nSPS) is 23.5. The molecule has 0 saturated heterocycles. The predicted molar refractivity (Wildman–Crippen MR) is 55.3 cm³/mol. The van der Waals surface area contributed by atoms with Gasteiger partial charge in [0.2, 0.25) is 0 Å². The van der Waals surface area contributed by atoms with Crippen LogP contribution >= 0.6 is 15.9 Å². The molecule has 1 aliphatic rings. The minimum Gasteiger partial charge on any atom is -0.411 e. The third kappa shape index (κ3) is 1.27. The van der Waals surface area contributed by atoms with Gasteiger partial charge < -0.3 is 5.21 Å². The zero-order valence-electron chi connectivity index (χ0n) is 7.29. The van der Waals surface area contributed by atoms with Crippen LogP contribution in [0.15, 0.2) is 27.8 Å². The van der Waals surface area contributed by atoms with Gasteiger partial charge in [0.05, 0.1) is 5.71 Å². The van der Waals surface area contributed by atoms with E-state index in [9.17, 15) is 0 Å². The SMILES string of the molecule is CC1Cc2c(Br)cccc2/C1=N\O. The number of oxime groups is 1. The van der Waals surface area contributed by atoms with E-state index < -0.39 is 0 Å². The average molecular weight is 240 g/mol. The van der Waals surface area contributed by atoms with Crippen LogP contribution in [0.5, 0.6) is 0 Å². The molecule has 0 amide bonds. The van der Waals surface area contributed by atoms with E-state index in [0.29, 0.717) is 5.92 Å². The van der Waals surface area contributed by atoms with Crippen molar-refractivity contribution < 1.29 is 5.21 Å². The molecule has 0 radical (unpaired) electrons. The zero-order valence-corrected chi connectivity index (χ0v) is 8.87. The van der Waals surface area contributed by atoms with Gasteiger partial charge in [-0.05, 0) is 18.1 Å².